The molecule has 0 saturated carbocycles. The van der Waals surface area contributed by atoms with E-state index in [4.69, 9.17) is 10.5 Å². The van der Waals surface area contributed by atoms with Crippen molar-refractivity contribution in [3.63, 3.8) is 0 Å². The van der Waals surface area contributed by atoms with Crippen molar-refractivity contribution in [2.75, 3.05) is 19.7 Å². The fourth-order valence-electron chi connectivity index (χ4n) is 4.27. The average molecular weight is 505 g/mol. The van der Waals surface area contributed by atoms with E-state index in [1.807, 2.05) is 48.5 Å². The quantitative estimate of drug-likeness (QED) is 0.153. The van der Waals surface area contributed by atoms with E-state index in [-0.39, 0.29) is 5.91 Å². The SMILES string of the molecule is CCCCCCCCCCCCOc1ccc(C#Cc2ccccc2)cc1C(=O)NCCCCCCN. The first-order chi connectivity index (χ1) is 18.2. The molecule has 0 fully saturated rings. The minimum absolute atomic E-state index is 0.0970. The molecule has 2 rings (SSSR count). The molecule has 3 N–H and O–H groups in total. The Hall–Kier alpha value is -2.77. The largest absolute Gasteiger partial charge is 0.493 e. The highest BCUT2D eigenvalue weighted by Crippen LogP contribution is 2.21. The van der Waals surface area contributed by atoms with E-state index in [0.29, 0.717) is 24.5 Å². The Morgan fingerprint density at radius 1 is 0.757 bits per heavy atom. The summed E-state index contributed by atoms with van der Waals surface area (Å²) in [5.41, 5.74) is 7.89. The zero-order valence-electron chi connectivity index (χ0n) is 23.0. The lowest BCUT2D eigenvalue weighted by molar-refractivity contribution is 0.0948. The Kier molecular flexibility index (Phi) is 16.7. The molecule has 0 radical (unpaired) electrons. The van der Waals surface area contributed by atoms with Gasteiger partial charge in [0.25, 0.3) is 5.91 Å². The summed E-state index contributed by atoms with van der Waals surface area (Å²) in [5.74, 6) is 6.91. The number of ether oxygens (including phenoxy) is 1. The predicted octanol–water partition coefficient (Wildman–Crippen LogP) is 7.64. The van der Waals surface area contributed by atoms with Crippen LogP contribution in [0.4, 0.5) is 0 Å². The Labute approximate surface area is 225 Å². The summed E-state index contributed by atoms with van der Waals surface area (Å²) in [5, 5.41) is 3.06. The van der Waals surface area contributed by atoms with Gasteiger partial charge in [-0.3, -0.25) is 4.79 Å². The van der Waals surface area contributed by atoms with Crippen LogP contribution >= 0.6 is 0 Å². The summed E-state index contributed by atoms with van der Waals surface area (Å²) < 4.78 is 6.08. The lowest BCUT2D eigenvalue weighted by atomic mass is 10.1. The highest BCUT2D eigenvalue weighted by atomic mass is 16.5. The van der Waals surface area contributed by atoms with Gasteiger partial charge < -0.3 is 15.8 Å². The van der Waals surface area contributed by atoms with Crippen LogP contribution < -0.4 is 15.8 Å². The minimum Gasteiger partial charge on any atom is -0.493 e. The third-order valence-corrected chi connectivity index (χ3v) is 6.52. The standard InChI is InChI=1S/C33H48N2O2/c1-2-3-4-5-6-7-8-9-12-18-27-37-32-24-23-30(22-21-29-19-14-13-15-20-29)28-31(32)33(36)35-26-17-11-10-16-25-34/h13-15,19-20,23-24,28H,2-12,16-18,25-27,34H2,1H3,(H,35,36). The third-order valence-electron chi connectivity index (χ3n) is 6.52. The summed E-state index contributed by atoms with van der Waals surface area (Å²) in [6.45, 7) is 4.27. The maximum Gasteiger partial charge on any atom is 0.255 e. The first-order valence-corrected chi connectivity index (χ1v) is 14.6. The maximum absolute atomic E-state index is 13.0. The van der Waals surface area contributed by atoms with E-state index in [1.54, 1.807) is 0 Å². The van der Waals surface area contributed by atoms with Gasteiger partial charge in [0.15, 0.2) is 0 Å². The molecule has 2 aromatic carbocycles. The van der Waals surface area contributed by atoms with Gasteiger partial charge in [-0.25, -0.2) is 0 Å². The van der Waals surface area contributed by atoms with Crippen LogP contribution in [0.5, 0.6) is 5.75 Å². The molecule has 0 bridgehead atoms. The van der Waals surface area contributed by atoms with Crippen molar-refractivity contribution in [3.05, 3.63) is 65.2 Å². The number of hydrogen-bond donors (Lipinski definition) is 2. The number of carbonyl (C=O) groups is 1. The van der Waals surface area contributed by atoms with Gasteiger partial charge in [-0.2, -0.15) is 0 Å². The summed E-state index contributed by atoms with van der Waals surface area (Å²) in [6.07, 6.45) is 17.0. The maximum atomic E-state index is 13.0. The first-order valence-electron chi connectivity index (χ1n) is 14.6. The van der Waals surface area contributed by atoms with Crippen LogP contribution in [0.1, 0.15) is 118 Å². The van der Waals surface area contributed by atoms with Gasteiger partial charge >= 0.3 is 0 Å². The van der Waals surface area contributed by atoms with Crippen molar-refractivity contribution in [2.45, 2.75) is 96.8 Å². The molecule has 0 spiro atoms. The molecule has 202 valence electrons. The number of rotatable bonds is 19. The third kappa shape index (κ3) is 13.9. The Morgan fingerprint density at radius 2 is 1.38 bits per heavy atom. The van der Waals surface area contributed by atoms with Gasteiger partial charge in [0.1, 0.15) is 5.75 Å². The highest BCUT2D eigenvalue weighted by molar-refractivity contribution is 5.97. The zero-order chi connectivity index (χ0) is 26.4. The molecule has 0 atom stereocenters. The molecule has 0 aromatic heterocycles. The second-order valence-electron chi connectivity index (χ2n) is 9.82. The fourth-order valence-corrected chi connectivity index (χ4v) is 4.27. The molecule has 0 aliphatic heterocycles. The van der Waals surface area contributed by atoms with Crippen molar-refractivity contribution in [1.29, 1.82) is 0 Å². The summed E-state index contributed by atoms with van der Waals surface area (Å²) in [6, 6.07) is 15.6. The van der Waals surface area contributed by atoms with Crippen LogP contribution in [0, 0.1) is 11.8 Å². The number of nitrogens with one attached hydrogen (secondary N) is 1. The minimum atomic E-state index is -0.0970. The van der Waals surface area contributed by atoms with Crippen LogP contribution in [0.3, 0.4) is 0 Å². The van der Waals surface area contributed by atoms with Crippen molar-refractivity contribution in [3.8, 4) is 17.6 Å². The van der Waals surface area contributed by atoms with Crippen LogP contribution in [-0.2, 0) is 0 Å². The second-order valence-corrected chi connectivity index (χ2v) is 9.82. The molecule has 37 heavy (non-hydrogen) atoms. The average Bonchev–Trinajstić information content (AvgIpc) is 2.93. The molecule has 0 saturated heterocycles. The highest BCUT2D eigenvalue weighted by Gasteiger charge is 2.13. The van der Waals surface area contributed by atoms with Crippen LogP contribution in [0.15, 0.2) is 48.5 Å². The number of carbonyl (C=O) groups excluding carboxylic acids is 1. The fraction of sp³-hybridized carbons (Fsp3) is 0.545. The zero-order valence-corrected chi connectivity index (χ0v) is 23.0. The molecule has 0 heterocycles. The monoisotopic (exact) mass is 504 g/mol. The van der Waals surface area contributed by atoms with Gasteiger partial charge in [-0.15, -0.1) is 0 Å². The number of benzene rings is 2. The van der Waals surface area contributed by atoms with Gasteiger partial charge in [0.05, 0.1) is 12.2 Å². The molecule has 4 nitrogen and oxygen atoms in total. The lowest BCUT2D eigenvalue weighted by Crippen LogP contribution is -2.25. The summed E-state index contributed by atoms with van der Waals surface area (Å²) in [4.78, 5) is 13.0. The molecular weight excluding hydrogens is 456 g/mol. The van der Waals surface area contributed by atoms with Crippen molar-refractivity contribution < 1.29 is 9.53 Å². The van der Waals surface area contributed by atoms with E-state index < -0.39 is 0 Å². The van der Waals surface area contributed by atoms with Gasteiger partial charge in [-0.1, -0.05) is 108 Å². The van der Waals surface area contributed by atoms with Crippen molar-refractivity contribution in [2.24, 2.45) is 5.73 Å². The van der Waals surface area contributed by atoms with Gasteiger partial charge in [0, 0.05) is 17.7 Å². The van der Waals surface area contributed by atoms with Gasteiger partial charge in [-0.05, 0) is 56.1 Å². The predicted molar refractivity (Wildman–Crippen MR) is 156 cm³/mol. The molecule has 1 amide bonds. The Balaban J connectivity index is 1.87. The lowest BCUT2D eigenvalue weighted by Gasteiger charge is -2.13. The number of amides is 1. The number of hydrogen-bond acceptors (Lipinski definition) is 3. The van der Waals surface area contributed by atoms with Crippen molar-refractivity contribution in [1.82, 2.24) is 5.32 Å². The van der Waals surface area contributed by atoms with Crippen LogP contribution in [0.2, 0.25) is 0 Å². The van der Waals surface area contributed by atoms with Crippen LogP contribution in [0.25, 0.3) is 0 Å². The van der Waals surface area contributed by atoms with E-state index in [1.165, 1.54) is 57.8 Å². The van der Waals surface area contributed by atoms with E-state index in [2.05, 4.69) is 24.1 Å². The van der Waals surface area contributed by atoms with E-state index in [0.717, 1.165) is 49.8 Å². The molecule has 4 heteroatoms. The smallest absolute Gasteiger partial charge is 0.255 e. The molecule has 0 aliphatic carbocycles. The molecular formula is C33H48N2O2. The summed E-state index contributed by atoms with van der Waals surface area (Å²) >= 11 is 0. The second kappa shape index (κ2) is 20.3. The number of nitrogens with two attached hydrogens (primary N) is 1. The normalized spacial score (nSPS) is 10.5. The molecule has 0 aliphatic rings. The first kappa shape index (κ1) is 30.5. The van der Waals surface area contributed by atoms with Crippen LogP contribution in [-0.4, -0.2) is 25.6 Å². The summed E-state index contributed by atoms with van der Waals surface area (Å²) in [7, 11) is 0. The van der Waals surface area contributed by atoms with E-state index >= 15 is 0 Å². The van der Waals surface area contributed by atoms with Crippen molar-refractivity contribution >= 4 is 5.91 Å². The van der Waals surface area contributed by atoms with Gasteiger partial charge in [0.2, 0.25) is 0 Å². The number of unbranched alkanes of at least 4 members (excludes halogenated alkanes) is 12. The van der Waals surface area contributed by atoms with E-state index in [9.17, 15) is 4.79 Å². The topological polar surface area (TPSA) is 64.3 Å². The molecule has 0 unspecified atom stereocenters. The molecule has 2 aromatic rings. The Morgan fingerprint density at radius 3 is 2.08 bits per heavy atom. The Bertz CT molecular complexity index is 930.